The normalized spacial score (nSPS) is 29.9. The highest BCUT2D eigenvalue weighted by Crippen LogP contribution is 2.43. The summed E-state index contributed by atoms with van der Waals surface area (Å²) >= 11 is 0. The Morgan fingerprint density at radius 2 is 1.88 bits per heavy atom. The molecule has 0 radical (unpaired) electrons. The van der Waals surface area contributed by atoms with Gasteiger partial charge in [0.2, 0.25) is 0 Å². The van der Waals surface area contributed by atoms with Crippen LogP contribution in [-0.2, 0) is 0 Å². The first-order chi connectivity index (χ1) is 7.91. The number of alkyl halides is 3. The minimum atomic E-state index is -4.09. The average Bonchev–Trinajstić information content (AvgIpc) is 2.28. The zero-order valence-corrected chi connectivity index (χ0v) is 10.3. The van der Waals surface area contributed by atoms with Gasteiger partial charge in [-0.05, 0) is 44.4 Å². The Bertz CT molecular complexity index is 269. The Hall–Kier alpha value is -0.720. The standard InChI is InChI=1S/C13H20F3N/c1-2-11-4-8-12(10-17,9-5-11)6-3-7-13(14,15)16/h11H,2-9H2,1H3. The number of hydrogen-bond acceptors (Lipinski definition) is 1. The number of nitriles is 1. The van der Waals surface area contributed by atoms with Crippen LogP contribution in [0.5, 0.6) is 0 Å². The van der Waals surface area contributed by atoms with E-state index >= 15 is 0 Å². The Balaban J connectivity index is 2.41. The van der Waals surface area contributed by atoms with Crippen LogP contribution in [0.3, 0.4) is 0 Å². The average molecular weight is 247 g/mol. The van der Waals surface area contributed by atoms with Crippen LogP contribution in [0.15, 0.2) is 0 Å². The maximum absolute atomic E-state index is 12.1. The van der Waals surface area contributed by atoms with E-state index in [4.69, 9.17) is 0 Å². The summed E-state index contributed by atoms with van der Waals surface area (Å²) in [7, 11) is 0. The van der Waals surface area contributed by atoms with E-state index in [9.17, 15) is 18.4 Å². The van der Waals surface area contributed by atoms with Crippen molar-refractivity contribution in [1.82, 2.24) is 0 Å². The molecule has 0 unspecified atom stereocenters. The van der Waals surface area contributed by atoms with Gasteiger partial charge in [0.1, 0.15) is 0 Å². The summed E-state index contributed by atoms with van der Waals surface area (Å²) in [6, 6.07) is 2.28. The molecule has 0 aromatic heterocycles. The van der Waals surface area contributed by atoms with Crippen LogP contribution in [-0.4, -0.2) is 6.18 Å². The van der Waals surface area contributed by atoms with Gasteiger partial charge in [-0.15, -0.1) is 0 Å². The van der Waals surface area contributed by atoms with Gasteiger partial charge in [-0.2, -0.15) is 18.4 Å². The molecule has 1 rings (SSSR count). The number of rotatable bonds is 4. The molecule has 1 aliphatic rings. The van der Waals surface area contributed by atoms with E-state index in [-0.39, 0.29) is 6.42 Å². The van der Waals surface area contributed by atoms with Crippen molar-refractivity contribution in [3.8, 4) is 6.07 Å². The van der Waals surface area contributed by atoms with Crippen molar-refractivity contribution < 1.29 is 13.2 Å². The fraction of sp³-hybridized carbons (Fsp3) is 0.923. The lowest BCUT2D eigenvalue weighted by molar-refractivity contribution is -0.136. The van der Waals surface area contributed by atoms with Crippen molar-refractivity contribution in [2.45, 2.75) is 64.5 Å². The van der Waals surface area contributed by atoms with Gasteiger partial charge in [0.15, 0.2) is 0 Å². The van der Waals surface area contributed by atoms with Crippen molar-refractivity contribution in [2.75, 3.05) is 0 Å². The molecule has 0 saturated heterocycles. The van der Waals surface area contributed by atoms with Gasteiger partial charge in [0, 0.05) is 6.42 Å². The molecule has 1 fully saturated rings. The van der Waals surface area contributed by atoms with Crippen LogP contribution in [0.2, 0.25) is 0 Å². The molecule has 0 aromatic carbocycles. The van der Waals surface area contributed by atoms with Crippen LogP contribution in [0.25, 0.3) is 0 Å². The largest absolute Gasteiger partial charge is 0.389 e. The van der Waals surface area contributed by atoms with Crippen molar-refractivity contribution >= 4 is 0 Å². The molecular formula is C13H20F3N. The van der Waals surface area contributed by atoms with E-state index < -0.39 is 18.0 Å². The molecule has 0 atom stereocenters. The van der Waals surface area contributed by atoms with E-state index in [2.05, 4.69) is 13.0 Å². The summed E-state index contributed by atoms with van der Waals surface area (Å²) in [5, 5.41) is 9.20. The molecule has 4 heteroatoms. The summed E-state index contributed by atoms with van der Waals surface area (Å²) in [5.41, 5.74) is -0.475. The van der Waals surface area contributed by atoms with E-state index in [1.54, 1.807) is 0 Å². The second-order valence-electron chi connectivity index (χ2n) is 5.21. The van der Waals surface area contributed by atoms with E-state index in [0.29, 0.717) is 12.3 Å². The molecule has 0 heterocycles. The molecular weight excluding hydrogens is 227 g/mol. The molecule has 0 amide bonds. The smallest absolute Gasteiger partial charge is 0.198 e. The third-order valence-electron chi connectivity index (χ3n) is 3.99. The molecule has 0 spiro atoms. The Morgan fingerprint density at radius 3 is 2.29 bits per heavy atom. The number of halogens is 3. The molecule has 98 valence electrons. The summed E-state index contributed by atoms with van der Waals surface area (Å²) in [6.45, 7) is 2.13. The molecule has 1 saturated carbocycles. The molecule has 0 aromatic rings. The van der Waals surface area contributed by atoms with Gasteiger partial charge in [-0.1, -0.05) is 13.3 Å². The monoisotopic (exact) mass is 247 g/mol. The second kappa shape index (κ2) is 5.75. The van der Waals surface area contributed by atoms with Gasteiger partial charge in [0.05, 0.1) is 11.5 Å². The maximum atomic E-state index is 12.1. The van der Waals surface area contributed by atoms with Crippen molar-refractivity contribution in [2.24, 2.45) is 11.3 Å². The summed E-state index contributed by atoms with van der Waals surface area (Å²) in [5.74, 6) is 0.666. The van der Waals surface area contributed by atoms with E-state index in [1.807, 2.05) is 0 Å². The van der Waals surface area contributed by atoms with Crippen molar-refractivity contribution in [1.29, 1.82) is 5.26 Å². The summed E-state index contributed by atoms with van der Waals surface area (Å²) in [6.07, 6.45) is 0.314. The SMILES string of the molecule is CCC1CCC(C#N)(CCCC(F)(F)F)CC1. The first-order valence-electron chi connectivity index (χ1n) is 6.39. The molecule has 1 aliphatic carbocycles. The van der Waals surface area contributed by atoms with Crippen molar-refractivity contribution in [3.63, 3.8) is 0 Å². The zero-order valence-electron chi connectivity index (χ0n) is 10.3. The predicted molar refractivity (Wildman–Crippen MR) is 60.2 cm³/mol. The first-order valence-corrected chi connectivity index (χ1v) is 6.39. The lowest BCUT2D eigenvalue weighted by Gasteiger charge is -2.34. The van der Waals surface area contributed by atoms with E-state index in [1.165, 1.54) is 0 Å². The van der Waals surface area contributed by atoms with Crippen LogP contribution < -0.4 is 0 Å². The van der Waals surface area contributed by atoms with Gasteiger partial charge in [0.25, 0.3) is 0 Å². The molecule has 1 nitrogen and oxygen atoms in total. The predicted octanol–water partition coefficient (Wildman–Crippen LogP) is 4.83. The first kappa shape index (κ1) is 14.3. The van der Waals surface area contributed by atoms with Gasteiger partial charge in [-0.25, -0.2) is 0 Å². The summed E-state index contributed by atoms with van der Waals surface area (Å²) < 4.78 is 36.2. The van der Waals surface area contributed by atoms with Gasteiger partial charge < -0.3 is 0 Å². The molecule has 0 aliphatic heterocycles. The second-order valence-corrected chi connectivity index (χ2v) is 5.21. The number of nitrogens with zero attached hydrogens (tertiary/aromatic N) is 1. The van der Waals surface area contributed by atoms with Crippen LogP contribution in [0.4, 0.5) is 13.2 Å². The summed E-state index contributed by atoms with van der Waals surface area (Å²) in [4.78, 5) is 0. The van der Waals surface area contributed by atoms with Crippen LogP contribution in [0, 0.1) is 22.7 Å². The Kier molecular flexibility index (Phi) is 4.85. The molecule has 0 N–H and O–H groups in total. The topological polar surface area (TPSA) is 23.8 Å². The Labute approximate surface area is 101 Å². The van der Waals surface area contributed by atoms with Crippen molar-refractivity contribution in [3.05, 3.63) is 0 Å². The fourth-order valence-corrected chi connectivity index (χ4v) is 2.68. The fourth-order valence-electron chi connectivity index (χ4n) is 2.68. The van der Waals surface area contributed by atoms with Gasteiger partial charge >= 0.3 is 6.18 Å². The molecule has 17 heavy (non-hydrogen) atoms. The third-order valence-corrected chi connectivity index (χ3v) is 3.99. The quantitative estimate of drug-likeness (QED) is 0.698. The highest BCUT2D eigenvalue weighted by Gasteiger charge is 2.36. The zero-order chi connectivity index (χ0) is 12.9. The van der Waals surface area contributed by atoms with E-state index in [0.717, 1.165) is 32.1 Å². The lowest BCUT2D eigenvalue weighted by atomic mass is 9.68. The van der Waals surface area contributed by atoms with Crippen LogP contribution in [0.1, 0.15) is 58.3 Å². The Morgan fingerprint density at radius 1 is 1.29 bits per heavy atom. The lowest BCUT2D eigenvalue weighted by Crippen LogP contribution is -2.26. The van der Waals surface area contributed by atoms with Crippen LogP contribution >= 0.6 is 0 Å². The minimum absolute atomic E-state index is 0.0911. The highest BCUT2D eigenvalue weighted by atomic mass is 19.4. The maximum Gasteiger partial charge on any atom is 0.389 e. The highest BCUT2D eigenvalue weighted by molar-refractivity contribution is 5.01. The minimum Gasteiger partial charge on any atom is -0.198 e. The molecule has 0 bridgehead atoms. The third kappa shape index (κ3) is 4.57. The number of hydrogen-bond donors (Lipinski definition) is 0. The van der Waals surface area contributed by atoms with Gasteiger partial charge in [-0.3, -0.25) is 0 Å².